The van der Waals surface area contributed by atoms with Crippen LogP contribution in [-0.2, 0) is 74.4 Å². The zero-order chi connectivity index (χ0) is 44.6. The number of para-hydroxylation sites is 3. The van der Waals surface area contributed by atoms with Crippen LogP contribution in [-0.4, -0.2) is 106 Å². The van der Waals surface area contributed by atoms with Crippen LogP contribution in [0.2, 0.25) is 0 Å². The number of carboxylic acid groups (broad SMARTS) is 3. The molecule has 338 valence electrons. The van der Waals surface area contributed by atoms with Gasteiger partial charge in [-0.05, 0) is 111 Å². The number of benzene rings is 3. The van der Waals surface area contributed by atoms with Crippen molar-refractivity contribution < 1.29 is 29.7 Å². The number of nitrogens with zero attached hydrogens (tertiary/aromatic N) is 7. The van der Waals surface area contributed by atoms with E-state index in [9.17, 15) is 29.7 Å². The van der Waals surface area contributed by atoms with Gasteiger partial charge in [0, 0.05) is 60.0 Å². The lowest BCUT2D eigenvalue weighted by Gasteiger charge is -2.25. The number of hydrogen-bond donors (Lipinski definition) is 6. The summed E-state index contributed by atoms with van der Waals surface area (Å²) >= 11 is 0. The largest absolute Gasteiger partial charge is 0.481 e. The Balaban J connectivity index is 1.09. The normalized spacial score (nSPS) is 20.5. The highest BCUT2D eigenvalue weighted by molar-refractivity contribution is 5.82. The van der Waals surface area contributed by atoms with E-state index in [-0.39, 0.29) is 17.8 Å². The van der Waals surface area contributed by atoms with Crippen LogP contribution < -0.4 is 16.0 Å². The lowest BCUT2D eigenvalue weighted by Crippen LogP contribution is -2.28. The molecule has 0 aliphatic carbocycles. The Labute approximate surface area is 372 Å². The monoisotopic (exact) mass is 872 g/mol. The molecule has 3 aliphatic rings. The van der Waals surface area contributed by atoms with Crippen molar-refractivity contribution >= 4 is 51.0 Å². The Morgan fingerprint density at radius 1 is 0.547 bits per heavy atom. The van der Waals surface area contributed by atoms with Gasteiger partial charge in [0.1, 0.15) is 17.5 Å². The minimum atomic E-state index is -0.796. The van der Waals surface area contributed by atoms with E-state index >= 15 is 0 Å². The van der Waals surface area contributed by atoms with Gasteiger partial charge in [0.05, 0.1) is 50.9 Å². The Morgan fingerprint density at radius 3 is 1.09 bits per heavy atom. The average Bonchev–Trinajstić information content (AvgIpc) is 4.14. The Morgan fingerprint density at radius 2 is 0.844 bits per heavy atom. The van der Waals surface area contributed by atoms with E-state index in [1.54, 1.807) is 0 Å². The maximum atomic E-state index is 12.6. The van der Waals surface area contributed by atoms with E-state index in [4.69, 9.17) is 15.0 Å². The fourth-order valence-electron chi connectivity index (χ4n) is 11.0. The molecule has 16 nitrogen and oxygen atoms in total. The number of carboxylic acids is 3. The molecule has 0 unspecified atom stereocenters. The standard InChI is InChI=1S/C48H60N10O6/c1-55-40(19-34(46(59)60)28-13-16-49-22-28)52-37-10-4-7-31(43(37)55)25-58(26-32-8-5-11-38-44(32)56(2)41(53-38)20-35(47(61)62)29-14-17-50-23-29)27-33-9-6-12-39-45(33)57(3)42(54-39)21-36(48(63)64)30-15-18-51-24-30/h4-12,28-30,34-36,49-51H,13-27H2,1-3H3,(H,59,60)(H,61,62)(H,63,64)/t28-,29-,30-,34-,35-,36-/m0/s1. The van der Waals surface area contributed by atoms with Crippen molar-refractivity contribution in [1.29, 1.82) is 0 Å². The van der Waals surface area contributed by atoms with E-state index in [1.165, 1.54) is 0 Å². The van der Waals surface area contributed by atoms with Crippen LogP contribution in [0, 0.1) is 35.5 Å². The summed E-state index contributed by atoms with van der Waals surface area (Å²) in [5.74, 6) is -1.65. The molecule has 0 saturated carbocycles. The second-order valence-corrected chi connectivity index (χ2v) is 18.5. The summed E-state index contributed by atoms with van der Waals surface area (Å²) in [6, 6.07) is 18.4. The highest BCUT2D eigenvalue weighted by Gasteiger charge is 2.35. The summed E-state index contributed by atoms with van der Waals surface area (Å²) in [7, 11) is 5.95. The number of rotatable bonds is 18. The molecule has 0 radical (unpaired) electrons. The molecule has 0 amide bonds. The summed E-state index contributed by atoms with van der Waals surface area (Å²) in [5, 5.41) is 40.9. The number of aliphatic carboxylic acids is 3. The van der Waals surface area contributed by atoms with Gasteiger partial charge in [-0.2, -0.15) is 0 Å². The number of fused-ring (bicyclic) bond motifs is 3. The zero-order valence-corrected chi connectivity index (χ0v) is 37.0. The van der Waals surface area contributed by atoms with Gasteiger partial charge < -0.3 is 45.0 Å². The van der Waals surface area contributed by atoms with Crippen LogP contribution in [0.1, 0.15) is 53.4 Å². The van der Waals surface area contributed by atoms with Crippen LogP contribution in [0.5, 0.6) is 0 Å². The Kier molecular flexibility index (Phi) is 12.5. The van der Waals surface area contributed by atoms with Gasteiger partial charge in [-0.3, -0.25) is 19.3 Å². The van der Waals surface area contributed by atoms with E-state index in [2.05, 4.69) is 52.8 Å². The molecule has 6 atom stereocenters. The Bertz CT molecular complexity index is 2400. The van der Waals surface area contributed by atoms with Gasteiger partial charge >= 0.3 is 17.9 Å². The summed E-state index contributed by atoms with van der Waals surface area (Å²) < 4.78 is 6.21. The third-order valence-electron chi connectivity index (χ3n) is 14.6. The summed E-state index contributed by atoms with van der Waals surface area (Å²) in [6.07, 6.45) is 3.50. The number of hydrogen-bond acceptors (Lipinski definition) is 10. The van der Waals surface area contributed by atoms with Crippen molar-refractivity contribution in [2.45, 2.75) is 58.2 Å². The highest BCUT2D eigenvalue weighted by atomic mass is 16.4. The average molecular weight is 873 g/mol. The molecule has 3 fully saturated rings. The van der Waals surface area contributed by atoms with Crippen molar-refractivity contribution in [1.82, 2.24) is 49.5 Å². The minimum Gasteiger partial charge on any atom is -0.481 e. The minimum absolute atomic E-state index is 0.0437. The number of nitrogens with one attached hydrogen (secondary N) is 3. The zero-order valence-electron chi connectivity index (χ0n) is 37.0. The molecule has 3 saturated heterocycles. The first kappa shape index (κ1) is 43.6. The number of imidazole rings is 3. The molecule has 0 spiro atoms. The SMILES string of the molecule is Cn1c(C[C@H](C(=O)O)[C@H]2CCNC2)nc2cccc(CN(Cc3cccc4nc(C[C@H](C(=O)O)[C@H]5CCNC5)n(C)c34)Cc3cccc4nc(C[C@H](C(=O)O)[C@H]5CCNC5)n(C)c34)c21. The molecule has 64 heavy (non-hydrogen) atoms. The molecule has 16 heteroatoms. The van der Waals surface area contributed by atoms with Crippen molar-refractivity contribution in [3.8, 4) is 0 Å². The van der Waals surface area contributed by atoms with Crippen LogP contribution >= 0.6 is 0 Å². The number of aryl methyl sites for hydroxylation is 3. The molecule has 3 aromatic carbocycles. The topological polar surface area (TPSA) is 205 Å². The van der Waals surface area contributed by atoms with Crippen molar-refractivity contribution in [3.05, 3.63) is 88.8 Å². The van der Waals surface area contributed by atoms with Crippen molar-refractivity contribution in [3.63, 3.8) is 0 Å². The number of aromatic nitrogens is 6. The molecule has 6 aromatic rings. The van der Waals surface area contributed by atoms with Gasteiger partial charge in [0.25, 0.3) is 0 Å². The fraction of sp³-hybridized carbons (Fsp3) is 0.500. The number of carbonyl (C=O) groups is 3. The third-order valence-corrected chi connectivity index (χ3v) is 14.6. The van der Waals surface area contributed by atoms with Gasteiger partial charge in [-0.15, -0.1) is 0 Å². The molecule has 3 aliphatic heterocycles. The first-order valence-corrected chi connectivity index (χ1v) is 22.8. The van der Waals surface area contributed by atoms with Gasteiger partial charge in [-0.25, -0.2) is 15.0 Å². The fourth-order valence-corrected chi connectivity index (χ4v) is 11.0. The van der Waals surface area contributed by atoms with Gasteiger partial charge in [0.15, 0.2) is 0 Å². The van der Waals surface area contributed by atoms with Crippen LogP contribution in [0.3, 0.4) is 0 Å². The quantitative estimate of drug-likeness (QED) is 0.0721. The third kappa shape index (κ3) is 8.63. The maximum absolute atomic E-state index is 12.6. The Hall–Kier alpha value is -5.68. The predicted octanol–water partition coefficient (Wildman–Crippen LogP) is 4.11. The molecule has 6 N–H and O–H groups in total. The van der Waals surface area contributed by atoms with E-state index < -0.39 is 35.7 Å². The predicted molar refractivity (Wildman–Crippen MR) is 243 cm³/mol. The van der Waals surface area contributed by atoms with Crippen LogP contribution in [0.25, 0.3) is 33.1 Å². The van der Waals surface area contributed by atoms with Crippen molar-refractivity contribution in [2.24, 2.45) is 56.7 Å². The van der Waals surface area contributed by atoms with E-state index in [0.29, 0.717) is 58.5 Å². The first-order valence-electron chi connectivity index (χ1n) is 22.8. The second kappa shape index (κ2) is 18.4. The lowest BCUT2D eigenvalue weighted by molar-refractivity contribution is -0.144. The first-order chi connectivity index (χ1) is 30.9. The van der Waals surface area contributed by atoms with Crippen molar-refractivity contribution in [2.75, 3.05) is 39.3 Å². The van der Waals surface area contributed by atoms with E-state index in [0.717, 1.165) is 106 Å². The summed E-state index contributed by atoms with van der Waals surface area (Å²) in [5.41, 5.74) is 8.47. The molecule has 0 bridgehead atoms. The molecule has 3 aromatic heterocycles. The molecular formula is C48H60N10O6. The van der Waals surface area contributed by atoms with Gasteiger partial charge in [0.2, 0.25) is 0 Å². The lowest BCUT2D eigenvalue weighted by atomic mass is 9.88. The second-order valence-electron chi connectivity index (χ2n) is 18.5. The summed E-state index contributed by atoms with van der Waals surface area (Å²) in [6.45, 7) is 6.10. The maximum Gasteiger partial charge on any atom is 0.307 e. The van der Waals surface area contributed by atoms with E-state index in [1.807, 2.05) is 57.5 Å². The molecular weight excluding hydrogens is 813 g/mol. The van der Waals surface area contributed by atoms with Crippen LogP contribution in [0.4, 0.5) is 0 Å². The van der Waals surface area contributed by atoms with Crippen LogP contribution in [0.15, 0.2) is 54.6 Å². The molecule has 9 rings (SSSR count). The summed E-state index contributed by atoms with van der Waals surface area (Å²) in [4.78, 5) is 55.1. The smallest absolute Gasteiger partial charge is 0.307 e. The molecule has 6 heterocycles. The van der Waals surface area contributed by atoms with Gasteiger partial charge in [-0.1, -0.05) is 36.4 Å². The highest BCUT2D eigenvalue weighted by Crippen LogP contribution is 2.32.